The Labute approximate surface area is 132 Å². The molecule has 0 aliphatic carbocycles. The Kier molecular flexibility index (Phi) is 7.86. The third kappa shape index (κ3) is 5.66. The van der Waals surface area contributed by atoms with Gasteiger partial charge in [-0.05, 0) is 42.3 Å². The first-order chi connectivity index (χ1) is 10.6. The van der Waals surface area contributed by atoms with Crippen LogP contribution in [0.1, 0.15) is 11.1 Å². The Hall–Kier alpha value is -2.20. The molecule has 2 aromatic rings. The first kappa shape index (κ1) is 17.9. The molecule has 0 amide bonds. The highest BCUT2D eigenvalue weighted by Gasteiger charge is 2.00. The highest BCUT2D eigenvalue weighted by Crippen LogP contribution is 2.26. The van der Waals surface area contributed by atoms with Crippen molar-refractivity contribution in [3.8, 4) is 17.2 Å². The topological polar surface area (TPSA) is 36.9 Å². The second-order valence-corrected chi connectivity index (χ2v) is 4.39. The van der Waals surface area contributed by atoms with Gasteiger partial charge in [-0.1, -0.05) is 18.2 Å². The highest BCUT2D eigenvalue weighted by molar-refractivity contribution is 5.43. The molecule has 0 N–H and O–H groups in total. The molecule has 0 spiro atoms. The molecule has 0 fully saturated rings. The van der Waals surface area contributed by atoms with Gasteiger partial charge in [-0.2, -0.15) is 0 Å². The first-order valence-corrected chi connectivity index (χ1v) is 6.68. The molecule has 4 heteroatoms. The van der Waals surface area contributed by atoms with Crippen LogP contribution in [-0.4, -0.2) is 21.3 Å². The number of methoxy groups -OCH3 is 3. The Morgan fingerprint density at radius 3 is 1.95 bits per heavy atom. The Balaban J connectivity index is 0.000000220. The van der Waals surface area contributed by atoms with Crippen LogP contribution in [0.2, 0.25) is 0 Å². The second-order valence-electron chi connectivity index (χ2n) is 4.39. The van der Waals surface area contributed by atoms with E-state index in [2.05, 4.69) is 14.0 Å². The minimum atomic E-state index is 0.546. The number of benzene rings is 2. The van der Waals surface area contributed by atoms with E-state index in [1.165, 1.54) is 0 Å². The average molecular weight is 302 g/mol. The number of hydrogen-bond acceptors (Lipinski definition) is 4. The number of hydrogen-bond donors (Lipinski definition) is 0. The maximum absolute atomic E-state index is 5.05. The van der Waals surface area contributed by atoms with Gasteiger partial charge in [0.25, 0.3) is 0 Å². The third-order valence-corrected chi connectivity index (χ3v) is 2.88. The third-order valence-electron chi connectivity index (χ3n) is 2.88. The van der Waals surface area contributed by atoms with Gasteiger partial charge in [-0.15, -0.1) is 0 Å². The smallest absolute Gasteiger partial charge is 0.160 e. The second kappa shape index (κ2) is 9.68. The van der Waals surface area contributed by atoms with Crippen molar-refractivity contribution in [2.24, 2.45) is 0 Å². The van der Waals surface area contributed by atoms with Crippen LogP contribution in [0.3, 0.4) is 0 Å². The minimum absolute atomic E-state index is 0.546. The molecule has 2 rings (SSSR count). The lowest BCUT2D eigenvalue weighted by molar-refractivity contribution is 0.229. The minimum Gasteiger partial charge on any atom is -0.497 e. The lowest BCUT2D eigenvalue weighted by Crippen LogP contribution is -1.90. The average Bonchev–Trinajstić information content (AvgIpc) is 2.56. The fourth-order valence-corrected chi connectivity index (χ4v) is 1.72. The van der Waals surface area contributed by atoms with E-state index in [9.17, 15) is 0 Å². The normalized spacial score (nSPS) is 9.50. The quantitative estimate of drug-likeness (QED) is 0.839. The van der Waals surface area contributed by atoms with Crippen LogP contribution in [0.4, 0.5) is 0 Å². The van der Waals surface area contributed by atoms with Crippen molar-refractivity contribution in [2.45, 2.75) is 6.61 Å². The summed E-state index contributed by atoms with van der Waals surface area (Å²) in [6.45, 7) is 4.31. The molecule has 0 aliphatic rings. The first-order valence-electron chi connectivity index (χ1n) is 6.68. The molecule has 0 saturated carbocycles. The number of ether oxygens (including phenoxy) is 4. The van der Waals surface area contributed by atoms with Crippen molar-refractivity contribution in [3.63, 3.8) is 0 Å². The fourth-order valence-electron chi connectivity index (χ4n) is 1.72. The largest absolute Gasteiger partial charge is 0.497 e. The van der Waals surface area contributed by atoms with E-state index in [1.54, 1.807) is 21.3 Å². The number of rotatable bonds is 5. The van der Waals surface area contributed by atoms with Crippen LogP contribution < -0.4 is 14.2 Å². The predicted octanol–water partition coefficient (Wildman–Crippen LogP) is 3.89. The molecule has 0 saturated heterocycles. The van der Waals surface area contributed by atoms with Crippen molar-refractivity contribution >= 4 is 0 Å². The monoisotopic (exact) mass is 302 g/mol. The zero-order valence-corrected chi connectivity index (χ0v) is 13.3. The zero-order chi connectivity index (χ0) is 16.4. The van der Waals surface area contributed by atoms with E-state index >= 15 is 0 Å². The van der Waals surface area contributed by atoms with Crippen molar-refractivity contribution in [2.75, 3.05) is 21.3 Å². The Morgan fingerprint density at radius 1 is 0.818 bits per heavy atom. The Morgan fingerprint density at radius 2 is 1.45 bits per heavy atom. The highest BCUT2D eigenvalue weighted by atomic mass is 16.5. The molecule has 2 aromatic carbocycles. The van der Waals surface area contributed by atoms with Gasteiger partial charge in [0, 0.05) is 0 Å². The molecule has 0 unspecified atom stereocenters. The van der Waals surface area contributed by atoms with Gasteiger partial charge < -0.3 is 18.9 Å². The standard InChI is InChI=1S/2C9H11O2/c1-7-4-5-8(10-2)9(6-7)11-3;1-10-7-8-3-5-9(11-2)6-4-8/h4-6H,1H2,2-3H3;3-6H,1,7H2,2H3. The molecule has 4 nitrogen and oxygen atoms in total. The molecule has 0 bridgehead atoms. The van der Waals surface area contributed by atoms with Crippen molar-refractivity contribution < 1.29 is 18.9 Å². The summed E-state index contributed by atoms with van der Waals surface area (Å²) in [4.78, 5) is 0. The fraction of sp³-hybridized carbons (Fsp3) is 0.222. The lowest BCUT2D eigenvalue weighted by atomic mass is 10.2. The van der Waals surface area contributed by atoms with Gasteiger partial charge in [0.15, 0.2) is 11.5 Å². The van der Waals surface area contributed by atoms with E-state index in [-0.39, 0.29) is 0 Å². The molecular formula is C18H22O4. The van der Waals surface area contributed by atoms with E-state index < -0.39 is 0 Å². The molecule has 118 valence electrons. The van der Waals surface area contributed by atoms with Gasteiger partial charge >= 0.3 is 0 Å². The van der Waals surface area contributed by atoms with Gasteiger partial charge in [0.2, 0.25) is 0 Å². The molecule has 2 radical (unpaired) electrons. The van der Waals surface area contributed by atoms with E-state index in [0.29, 0.717) is 6.61 Å². The molecule has 0 aromatic heterocycles. The predicted molar refractivity (Wildman–Crippen MR) is 87.1 cm³/mol. The van der Waals surface area contributed by atoms with Crippen LogP contribution in [0.5, 0.6) is 17.2 Å². The van der Waals surface area contributed by atoms with E-state index in [0.717, 1.165) is 28.4 Å². The summed E-state index contributed by atoms with van der Waals surface area (Å²) in [5.74, 6) is 2.32. The Bertz CT molecular complexity index is 550. The van der Waals surface area contributed by atoms with Crippen molar-refractivity contribution in [1.29, 1.82) is 0 Å². The summed E-state index contributed by atoms with van der Waals surface area (Å²) in [5.41, 5.74) is 2.02. The summed E-state index contributed by atoms with van der Waals surface area (Å²) in [6.07, 6.45) is 0. The van der Waals surface area contributed by atoms with Crippen LogP contribution in [-0.2, 0) is 11.3 Å². The summed E-state index contributed by atoms with van der Waals surface area (Å²) in [6, 6.07) is 13.2. The maximum Gasteiger partial charge on any atom is 0.160 e. The molecule has 0 heterocycles. The zero-order valence-electron chi connectivity index (χ0n) is 13.3. The van der Waals surface area contributed by atoms with Crippen molar-refractivity contribution in [3.05, 3.63) is 67.6 Å². The van der Waals surface area contributed by atoms with E-state index in [1.807, 2.05) is 42.5 Å². The summed E-state index contributed by atoms with van der Waals surface area (Å²) in [7, 11) is 8.16. The summed E-state index contributed by atoms with van der Waals surface area (Å²) in [5, 5.41) is 0. The molecule has 0 atom stereocenters. The summed E-state index contributed by atoms with van der Waals surface area (Å²) >= 11 is 0. The SMILES string of the molecule is [CH2]OCc1ccc(OC)cc1.[CH2]c1ccc(OC)c(OC)c1. The van der Waals surface area contributed by atoms with Crippen molar-refractivity contribution in [1.82, 2.24) is 0 Å². The van der Waals surface area contributed by atoms with Crippen LogP contribution in [0, 0.1) is 14.0 Å². The van der Waals surface area contributed by atoms with Crippen LogP contribution in [0.25, 0.3) is 0 Å². The molecule has 0 aliphatic heterocycles. The van der Waals surface area contributed by atoms with Crippen LogP contribution in [0.15, 0.2) is 42.5 Å². The maximum atomic E-state index is 5.05. The van der Waals surface area contributed by atoms with Gasteiger partial charge in [0.1, 0.15) is 5.75 Å². The summed E-state index contributed by atoms with van der Waals surface area (Å²) < 4.78 is 19.8. The van der Waals surface area contributed by atoms with Gasteiger partial charge in [-0.3, -0.25) is 0 Å². The lowest BCUT2D eigenvalue weighted by Gasteiger charge is -2.06. The molecular weight excluding hydrogens is 280 g/mol. The van der Waals surface area contributed by atoms with Gasteiger partial charge in [-0.25, -0.2) is 0 Å². The molecule has 22 heavy (non-hydrogen) atoms. The van der Waals surface area contributed by atoms with Crippen LogP contribution >= 0.6 is 0 Å². The van der Waals surface area contributed by atoms with E-state index in [4.69, 9.17) is 18.9 Å². The van der Waals surface area contributed by atoms with Gasteiger partial charge in [0.05, 0.1) is 35.0 Å².